The Morgan fingerprint density at radius 1 is 0.905 bits per heavy atom. The number of aromatic nitrogens is 2. The minimum atomic E-state index is 0.509. The first-order valence-electron chi connectivity index (χ1n) is 6.54. The maximum Gasteiger partial charge on any atom is 0.224 e. The third-order valence-corrected chi connectivity index (χ3v) is 3.06. The van der Waals surface area contributed by atoms with Crippen molar-refractivity contribution in [3.05, 3.63) is 41.7 Å². The minimum absolute atomic E-state index is 0.509. The molecule has 0 aliphatic heterocycles. The zero-order chi connectivity index (χ0) is 15.1. The van der Waals surface area contributed by atoms with E-state index in [9.17, 15) is 0 Å². The van der Waals surface area contributed by atoms with E-state index in [0.29, 0.717) is 24.8 Å². The van der Waals surface area contributed by atoms with Crippen LogP contribution in [0, 0.1) is 0 Å². The predicted octanol–water partition coefficient (Wildman–Crippen LogP) is 1.79. The second kappa shape index (κ2) is 7.44. The molecule has 0 saturated heterocycles. The Labute approximate surface area is 124 Å². The van der Waals surface area contributed by atoms with Gasteiger partial charge < -0.3 is 19.5 Å². The average molecular weight is 289 g/mol. The lowest BCUT2D eigenvalue weighted by atomic mass is 10.2. The molecule has 0 aliphatic rings. The monoisotopic (exact) mass is 289 g/mol. The van der Waals surface area contributed by atoms with Gasteiger partial charge in [0.1, 0.15) is 12.1 Å². The fourth-order valence-electron chi connectivity index (χ4n) is 2.06. The number of rotatable bonds is 7. The first-order valence-corrected chi connectivity index (χ1v) is 6.54. The van der Waals surface area contributed by atoms with Crippen molar-refractivity contribution in [1.29, 1.82) is 0 Å². The van der Waals surface area contributed by atoms with E-state index in [1.165, 1.54) is 6.33 Å². The molecule has 0 radical (unpaired) electrons. The second-order valence-corrected chi connectivity index (χ2v) is 4.29. The molecular formula is C15H19N3O3. The third kappa shape index (κ3) is 3.61. The van der Waals surface area contributed by atoms with Crippen LogP contribution in [0.15, 0.2) is 30.6 Å². The van der Waals surface area contributed by atoms with Crippen molar-refractivity contribution in [3.8, 4) is 17.5 Å². The topological polar surface area (TPSA) is 65.5 Å². The zero-order valence-electron chi connectivity index (χ0n) is 12.4. The van der Waals surface area contributed by atoms with Crippen molar-refractivity contribution in [2.24, 2.45) is 0 Å². The molecule has 1 heterocycles. The van der Waals surface area contributed by atoms with Gasteiger partial charge in [-0.25, -0.2) is 9.97 Å². The van der Waals surface area contributed by atoms with Crippen molar-refractivity contribution >= 4 is 0 Å². The van der Waals surface area contributed by atoms with Crippen molar-refractivity contribution < 1.29 is 14.2 Å². The van der Waals surface area contributed by atoms with Crippen LogP contribution < -0.4 is 19.5 Å². The Morgan fingerprint density at radius 3 is 2.19 bits per heavy atom. The van der Waals surface area contributed by atoms with Crippen LogP contribution in [0.3, 0.4) is 0 Å². The molecule has 1 aromatic heterocycles. The Hall–Kier alpha value is -2.34. The maximum absolute atomic E-state index is 5.32. The number of ether oxygens (including phenoxy) is 3. The Morgan fingerprint density at radius 2 is 1.57 bits per heavy atom. The molecule has 0 bridgehead atoms. The van der Waals surface area contributed by atoms with Crippen LogP contribution >= 0.6 is 0 Å². The van der Waals surface area contributed by atoms with Gasteiger partial charge in [-0.2, -0.15) is 0 Å². The summed E-state index contributed by atoms with van der Waals surface area (Å²) in [4.78, 5) is 8.17. The molecule has 0 amide bonds. The number of benzene rings is 1. The van der Waals surface area contributed by atoms with E-state index < -0.39 is 0 Å². The molecule has 0 fully saturated rings. The molecule has 2 rings (SSSR count). The van der Waals surface area contributed by atoms with E-state index in [0.717, 1.165) is 16.9 Å². The SMILES string of the molecule is COc1ccccc1CNCc1c(OC)ncnc1OC. The highest BCUT2D eigenvalue weighted by atomic mass is 16.5. The van der Waals surface area contributed by atoms with E-state index in [1.54, 1.807) is 21.3 Å². The first kappa shape index (κ1) is 15.1. The summed E-state index contributed by atoms with van der Waals surface area (Å²) in [5, 5.41) is 3.32. The smallest absolute Gasteiger partial charge is 0.224 e. The van der Waals surface area contributed by atoms with Crippen LogP contribution in [-0.2, 0) is 13.1 Å². The lowest BCUT2D eigenvalue weighted by molar-refractivity contribution is 0.359. The number of nitrogens with one attached hydrogen (secondary N) is 1. The summed E-state index contributed by atoms with van der Waals surface area (Å²) in [6.45, 7) is 1.19. The van der Waals surface area contributed by atoms with E-state index in [2.05, 4.69) is 15.3 Å². The van der Waals surface area contributed by atoms with Gasteiger partial charge in [-0.1, -0.05) is 18.2 Å². The predicted molar refractivity (Wildman–Crippen MR) is 78.7 cm³/mol. The molecule has 2 aromatic rings. The van der Waals surface area contributed by atoms with Gasteiger partial charge in [0.15, 0.2) is 0 Å². The van der Waals surface area contributed by atoms with Gasteiger partial charge in [0, 0.05) is 18.7 Å². The normalized spacial score (nSPS) is 10.2. The summed E-state index contributed by atoms with van der Waals surface area (Å²) in [6.07, 6.45) is 1.42. The Balaban J connectivity index is 2.07. The molecular weight excluding hydrogens is 270 g/mol. The summed E-state index contributed by atoms with van der Waals surface area (Å²) >= 11 is 0. The number of hydrogen-bond donors (Lipinski definition) is 1. The van der Waals surface area contributed by atoms with Crippen molar-refractivity contribution in [1.82, 2.24) is 15.3 Å². The van der Waals surface area contributed by atoms with Gasteiger partial charge in [0.25, 0.3) is 0 Å². The zero-order valence-corrected chi connectivity index (χ0v) is 12.4. The molecule has 0 atom stereocenters. The van der Waals surface area contributed by atoms with Crippen LogP contribution in [0.25, 0.3) is 0 Å². The van der Waals surface area contributed by atoms with Crippen molar-refractivity contribution in [2.75, 3.05) is 21.3 Å². The molecule has 21 heavy (non-hydrogen) atoms. The number of methoxy groups -OCH3 is 3. The van der Waals surface area contributed by atoms with E-state index in [-0.39, 0.29) is 0 Å². The standard InChI is InChI=1S/C15H19N3O3/c1-19-13-7-5-4-6-11(13)8-16-9-12-14(20-2)17-10-18-15(12)21-3/h4-7,10,16H,8-9H2,1-3H3. The van der Waals surface area contributed by atoms with Gasteiger partial charge >= 0.3 is 0 Å². The number of hydrogen-bond acceptors (Lipinski definition) is 6. The van der Waals surface area contributed by atoms with Crippen LogP contribution in [-0.4, -0.2) is 31.3 Å². The fourth-order valence-corrected chi connectivity index (χ4v) is 2.06. The minimum Gasteiger partial charge on any atom is -0.496 e. The molecule has 1 aromatic carbocycles. The number of para-hydroxylation sites is 1. The van der Waals surface area contributed by atoms with Gasteiger partial charge in [-0.15, -0.1) is 0 Å². The largest absolute Gasteiger partial charge is 0.496 e. The molecule has 0 unspecified atom stereocenters. The maximum atomic E-state index is 5.32. The van der Waals surface area contributed by atoms with E-state index in [1.807, 2.05) is 24.3 Å². The molecule has 0 saturated carbocycles. The summed E-state index contributed by atoms with van der Waals surface area (Å²) < 4.78 is 15.8. The highest BCUT2D eigenvalue weighted by Gasteiger charge is 2.12. The van der Waals surface area contributed by atoms with Crippen LogP contribution in [0.2, 0.25) is 0 Å². The highest BCUT2D eigenvalue weighted by molar-refractivity contribution is 5.35. The average Bonchev–Trinajstić information content (AvgIpc) is 2.55. The molecule has 0 spiro atoms. The molecule has 6 heteroatoms. The molecule has 112 valence electrons. The Kier molecular flexibility index (Phi) is 5.34. The number of nitrogens with zero attached hydrogens (tertiary/aromatic N) is 2. The van der Waals surface area contributed by atoms with E-state index >= 15 is 0 Å². The van der Waals surface area contributed by atoms with Gasteiger partial charge in [0.2, 0.25) is 11.8 Å². The van der Waals surface area contributed by atoms with Crippen LogP contribution in [0.1, 0.15) is 11.1 Å². The van der Waals surface area contributed by atoms with Crippen LogP contribution in [0.5, 0.6) is 17.5 Å². The quantitative estimate of drug-likeness (QED) is 0.838. The summed E-state index contributed by atoms with van der Waals surface area (Å²) in [5.74, 6) is 1.87. The lowest BCUT2D eigenvalue weighted by Crippen LogP contribution is -2.15. The summed E-state index contributed by atoms with van der Waals surface area (Å²) in [5.41, 5.74) is 1.87. The van der Waals surface area contributed by atoms with E-state index in [4.69, 9.17) is 14.2 Å². The lowest BCUT2D eigenvalue weighted by Gasteiger charge is -2.12. The van der Waals surface area contributed by atoms with Crippen molar-refractivity contribution in [3.63, 3.8) is 0 Å². The van der Waals surface area contributed by atoms with Crippen molar-refractivity contribution in [2.45, 2.75) is 13.1 Å². The summed E-state index contributed by atoms with van der Waals surface area (Å²) in [7, 11) is 4.81. The summed E-state index contributed by atoms with van der Waals surface area (Å²) in [6, 6.07) is 7.87. The van der Waals surface area contributed by atoms with Gasteiger partial charge in [-0.3, -0.25) is 0 Å². The molecule has 1 N–H and O–H groups in total. The molecule has 0 aliphatic carbocycles. The van der Waals surface area contributed by atoms with Crippen LogP contribution in [0.4, 0.5) is 0 Å². The highest BCUT2D eigenvalue weighted by Crippen LogP contribution is 2.23. The molecule has 6 nitrogen and oxygen atoms in total. The second-order valence-electron chi connectivity index (χ2n) is 4.29. The first-order chi connectivity index (χ1) is 10.3. The van der Waals surface area contributed by atoms with Gasteiger partial charge in [-0.05, 0) is 6.07 Å². The van der Waals surface area contributed by atoms with Gasteiger partial charge in [0.05, 0.1) is 26.9 Å². The Bertz CT molecular complexity index is 568. The fraction of sp³-hybridized carbons (Fsp3) is 0.333. The third-order valence-electron chi connectivity index (χ3n) is 3.06.